The fraction of sp³-hybridized carbons (Fsp3) is 0.267. The maximum atomic E-state index is 5.61. The van der Waals surface area contributed by atoms with Crippen LogP contribution in [0.4, 0.5) is 5.69 Å². The summed E-state index contributed by atoms with van der Waals surface area (Å²) in [5, 5.41) is 0. The predicted octanol–water partition coefficient (Wildman–Crippen LogP) is 2.44. The van der Waals surface area contributed by atoms with Crippen molar-refractivity contribution in [1.82, 2.24) is 4.98 Å². The summed E-state index contributed by atoms with van der Waals surface area (Å²) in [6.07, 6.45) is 4.67. The van der Waals surface area contributed by atoms with Gasteiger partial charge in [-0.3, -0.25) is 4.98 Å². The molecule has 2 aromatic rings. The van der Waals surface area contributed by atoms with Crippen LogP contribution in [0, 0.1) is 0 Å². The van der Waals surface area contributed by atoms with E-state index in [4.69, 9.17) is 5.73 Å². The zero-order valence-corrected chi connectivity index (χ0v) is 10.5. The Labute approximate surface area is 108 Å². The van der Waals surface area contributed by atoms with E-state index in [-0.39, 0.29) is 0 Å². The Kier molecular flexibility index (Phi) is 4.73. The number of aromatic nitrogens is 1. The molecular weight excluding hydrogens is 222 g/mol. The number of para-hydroxylation sites is 1. The quantitative estimate of drug-likeness (QED) is 0.844. The van der Waals surface area contributed by atoms with Gasteiger partial charge >= 0.3 is 0 Å². The number of anilines is 1. The topological polar surface area (TPSA) is 42.1 Å². The first-order chi connectivity index (χ1) is 8.90. The summed E-state index contributed by atoms with van der Waals surface area (Å²) in [6.45, 7) is 2.59. The van der Waals surface area contributed by atoms with Crippen LogP contribution in [0.15, 0.2) is 54.9 Å². The van der Waals surface area contributed by atoms with E-state index < -0.39 is 0 Å². The van der Waals surface area contributed by atoms with Gasteiger partial charge in [0.15, 0.2) is 0 Å². The average Bonchev–Trinajstić information content (AvgIpc) is 2.45. The molecule has 0 unspecified atom stereocenters. The van der Waals surface area contributed by atoms with E-state index in [1.165, 1.54) is 11.3 Å². The zero-order chi connectivity index (χ0) is 12.6. The number of rotatable bonds is 6. The molecule has 3 heteroatoms. The monoisotopic (exact) mass is 241 g/mol. The van der Waals surface area contributed by atoms with Gasteiger partial charge in [-0.15, -0.1) is 0 Å². The second-order valence-electron chi connectivity index (χ2n) is 4.25. The van der Waals surface area contributed by atoms with E-state index in [1.54, 1.807) is 0 Å². The predicted molar refractivity (Wildman–Crippen MR) is 75.4 cm³/mol. The van der Waals surface area contributed by atoms with E-state index in [0.717, 1.165) is 26.1 Å². The van der Waals surface area contributed by atoms with E-state index in [0.29, 0.717) is 0 Å². The van der Waals surface area contributed by atoms with Crippen molar-refractivity contribution in [3.8, 4) is 0 Å². The van der Waals surface area contributed by atoms with Gasteiger partial charge < -0.3 is 10.6 Å². The Balaban J connectivity index is 2.10. The minimum absolute atomic E-state index is 0.722. The molecule has 0 saturated carbocycles. The summed E-state index contributed by atoms with van der Waals surface area (Å²) in [6, 6.07) is 14.6. The Morgan fingerprint density at radius 3 is 2.39 bits per heavy atom. The first kappa shape index (κ1) is 12.6. The standard InChI is InChI=1S/C15H19N3/c16-9-4-12-18(15-5-2-1-3-6-15)13-14-7-10-17-11-8-14/h1-3,5-8,10-11H,4,9,12-13,16H2. The molecule has 0 radical (unpaired) electrons. The summed E-state index contributed by atoms with van der Waals surface area (Å²) >= 11 is 0. The highest BCUT2D eigenvalue weighted by atomic mass is 15.1. The third-order valence-electron chi connectivity index (χ3n) is 2.88. The zero-order valence-electron chi connectivity index (χ0n) is 10.5. The lowest BCUT2D eigenvalue weighted by molar-refractivity contribution is 0.735. The van der Waals surface area contributed by atoms with E-state index in [9.17, 15) is 0 Å². The van der Waals surface area contributed by atoms with Gasteiger partial charge in [0.2, 0.25) is 0 Å². The largest absolute Gasteiger partial charge is 0.367 e. The maximum absolute atomic E-state index is 5.61. The number of benzene rings is 1. The number of nitrogens with two attached hydrogens (primary N) is 1. The van der Waals surface area contributed by atoms with Crippen LogP contribution in [0.5, 0.6) is 0 Å². The van der Waals surface area contributed by atoms with Crippen molar-refractivity contribution < 1.29 is 0 Å². The molecule has 0 amide bonds. The number of hydrogen-bond acceptors (Lipinski definition) is 3. The van der Waals surface area contributed by atoms with Crippen molar-refractivity contribution in [2.75, 3.05) is 18.0 Å². The summed E-state index contributed by atoms with van der Waals surface area (Å²) in [5.41, 5.74) is 8.12. The average molecular weight is 241 g/mol. The molecule has 0 atom stereocenters. The van der Waals surface area contributed by atoms with Crippen LogP contribution in [-0.2, 0) is 6.54 Å². The first-order valence-electron chi connectivity index (χ1n) is 6.29. The molecule has 0 spiro atoms. The van der Waals surface area contributed by atoms with Crippen molar-refractivity contribution in [2.24, 2.45) is 5.73 Å². The molecule has 94 valence electrons. The van der Waals surface area contributed by atoms with Crippen molar-refractivity contribution in [1.29, 1.82) is 0 Å². The minimum atomic E-state index is 0.722. The molecule has 1 aromatic heterocycles. The molecule has 0 saturated heterocycles. The molecular formula is C15H19N3. The fourth-order valence-electron chi connectivity index (χ4n) is 1.93. The lowest BCUT2D eigenvalue weighted by Gasteiger charge is -2.24. The van der Waals surface area contributed by atoms with E-state index in [1.807, 2.05) is 18.5 Å². The SMILES string of the molecule is NCCCN(Cc1ccncc1)c1ccccc1. The highest BCUT2D eigenvalue weighted by Gasteiger charge is 2.06. The third-order valence-corrected chi connectivity index (χ3v) is 2.88. The normalized spacial score (nSPS) is 10.3. The van der Waals surface area contributed by atoms with Gasteiger partial charge in [0, 0.05) is 31.2 Å². The van der Waals surface area contributed by atoms with Crippen LogP contribution in [0.1, 0.15) is 12.0 Å². The number of hydrogen-bond donors (Lipinski definition) is 1. The van der Waals surface area contributed by atoms with Crippen molar-refractivity contribution in [2.45, 2.75) is 13.0 Å². The Hall–Kier alpha value is -1.87. The highest BCUT2D eigenvalue weighted by Crippen LogP contribution is 2.16. The van der Waals surface area contributed by atoms with Crippen molar-refractivity contribution in [3.05, 3.63) is 60.4 Å². The molecule has 18 heavy (non-hydrogen) atoms. The van der Waals surface area contributed by atoms with Gasteiger partial charge in [-0.2, -0.15) is 0 Å². The maximum Gasteiger partial charge on any atom is 0.0430 e. The Morgan fingerprint density at radius 1 is 1.00 bits per heavy atom. The van der Waals surface area contributed by atoms with Gasteiger partial charge in [-0.1, -0.05) is 18.2 Å². The van der Waals surface area contributed by atoms with Crippen molar-refractivity contribution in [3.63, 3.8) is 0 Å². The smallest absolute Gasteiger partial charge is 0.0430 e. The van der Waals surface area contributed by atoms with Gasteiger partial charge in [-0.25, -0.2) is 0 Å². The molecule has 0 aliphatic rings. The van der Waals surface area contributed by atoms with Gasteiger partial charge in [0.05, 0.1) is 0 Å². The van der Waals surface area contributed by atoms with Crippen LogP contribution in [0.3, 0.4) is 0 Å². The summed E-state index contributed by atoms with van der Waals surface area (Å²) in [5.74, 6) is 0. The molecule has 1 aromatic carbocycles. The molecule has 3 nitrogen and oxygen atoms in total. The van der Waals surface area contributed by atoms with Crippen LogP contribution in [0.2, 0.25) is 0 Å². The lowest BCUT2D eigenvalue weighted by atomic mass is 10.2. The summed E-state index contributed by atoms with van der Waals surface area (Å²) in [7, 11) is 0. The van der Waals surface area contributed by atoms with Crippen LogP contribution >= 0.6 is 0 Å². The molecule has 2 N–H and O–H groups in total. The Morgan fingerprint density at radius 2 is 1.72 bits per heavy atom. The summed E-state index contributed by atoms with van der Waals surface area (Å²) in [4.78, 5) is 6.40. The van der Waals surface area contributed by atoms with Crippen molar-refractivity contribution >= 4 is 5.69 Å². The van der Waals surface area contributed by atoms with Gasteiger partial charge in [0.1, 0.15) is 0 Å². The Bertz CT molecular complexity index is 442. The van der Waals surface area contributed by atoms with Gasteiger partial charge in [0.25, 0.3) is 0 Å². The second-order valence-corrected chi connectivity index (χ2v) is 4.25. The molecule has 1 heterocycles. The van der Waals surface area contributed by atoms with E-state index >= 15 is 0 Å². The lowest BCUT2D eigenvalue weighted by Crippen LogP contribution is -2.25. The number of nitrogens with zero attached hydrogens (tertiary/aromatic N) is 2. The number of pyridine rings is 1. The molecule has 0 bridgehead atoms. The van der Waals surface area contributed by atoms with Crippen LogP contribution in [-0.4, -0.2) is 18.1 Å². The molecule has 2 rings (SSSR count). The van der Waals surface area contributed by atoms with Crippen LogP contribution < -0.4 is 10.6 Å². The van der Waals surface area contributed by atoms with Crippen LogP contribution in [0.25, 0.3) is 0 Å². The van der Waals surface area contributed by atoms with Gasteiger partial charge in [-0.05, 0) is 42.8 Å². The summed E-state index contributed by atoms with van der Waals surface area (Å²) < 4.78 is 0. The first-order valence-corrected chi connectivity index (χ1v) is 6.29. The third kappa shape index (κ3) is 3.57. The van der Waals surface area contributed by atoms with E-state index in [2.05, 4.69) is 46.3 Å². The molecule has 0 fully saturated rings. The highest BCUT2D eigenvalue weighted by molar-refractivity contribution is 5.46. The fourth-order valence-corrected chi connectivity index (χ4v) is 1.93. The molecule has 0 aliphatic heterocycles. The second kappa shape index (κ2) is 6.77. The minimum Gasteiger partial charge on any atom is -0.367 e. The molecule has 0 aliphatic carbocycles.